The molecule has 124 valence electrons. The number of ether oxygens (including phenoxy) is 2. The van der Waals surface area contributed by atoms with Crippen LogP contribution >= 0.6 is 27.7 Å². The average molecular weight is 409 g/mol. The van der Waals surface area contributed by atoms with Gasteiger partial charge >= 0.3 is 0 Å². The fourth-order valence-electron chi connectivity index (χ4n) is 2.43. The number of hydrogen-bond donors (Lipinski definition) is 2. The lowest BCUT2D eigenvalue weighted by Crippen LogP contribution is -1.96. The lowest BCUT2D eigenvalue weighted by molar-refractivity contribution is 0.104. The second kappa shape index (κ2) is 6.41. The second-order valence-electron chi connectivity index (χ2n) is 4.99. The van der Waals surface area contributed by atoms with Gasteiger partial charge in [-0.25, -0.2) is 0 Å². The number of allylic oxidation sites excluding steroid dienone is 1. The number of hydrogen-bond acceptors (Lipinski definition) is 6. The molecule has 1 heterocycles. The van der Waals surface area contributed by atoms with Crippen LogP contribution in [0.5, 0.6) is 23.0 Å². The zero-order valence-electron chi connectivity index (χ0n) is 12.8. The maximum Gasteiger partial charge on any atom is 0.204 e. The van der Waals surface area contributed by atoms with Crippen LogP contribution in [0.15, 0.2) is 38.5 Å². The van der Waals surface area contributed by atoms with E-state index in [0.717, 1.165) is 17.3 Å². The Bertz CT molecular complexity index is 876. The molecule has 0 aromatic heterocycles. The summed E-state index contributed by atoms with van der Waals surface area (Å²) in [6, 6.07) is 6.21. The molecule has 2 N–H and O–H groups in total. The van der Waals surface area contributed by atoms with Gasteiger partial charge in [-0.05, 0) is 51.8 Å². The smallest absolute Gasteiger partial charge is 0.204 e. The molecule has 0 amide bonds. The number of phenols is 2. The van der Waals surface area contributed by atoms with E-state index in [1.54, 1.807) is 25.3 Å². The highest BCUT2D eigenvalue weighted by molar-refractivity contribution is 9.10. The molecule has 0 unspecified atom stereocenters. The summed E-state index contributed by atoms with van der Waals surface area (Å²) in [4.78, 5) is 13.3. The summed E-state index contributed by atoms with van der Waals surface area (Å²) in [6.45, 7) is 0. The summed E-state index contributed by atoms with van der Waals surface area (Å²) < 4.78 is 11.2. The van der Waals surface area contributed by atoms with Crippen LogP contribution in [0.25, 0.3) is 6.08 Å². The van der Waals surface area contributed by atoms with Crippen LogP contribution in [0.1, 0.15) is 15.9 Å². The first-order valence-electron chi connectivity index (χ1n) is 6.87. The third-order valence-electron chi connectivity index (χ3n) is 3.53. The number of methoxy groups -OCH3 is 2. The van der Waals surface area contributed by atoms with Crippen molar-refractivity contribution in [1.82, 2.24) is 0 Å². The van der Waals surface area contributed by atoms with Gasteiger partial charge in [0.05, 0.1) is 34.1 Å². The first-order chi connectivity index (χ1) is 11.5. The van der Waals surface area contributed by atoms with Gasteiger partial charge in [0.25, 0.3) is 0 Å². The molecule has 0 radical (unpaired) electrons. The maximum atomic E-state index is 12.5. The van der Waals surface area contributed by atoms with E-state index in [2.05, 4.69) is 15.9 Å². The van der Waals surface area contributed by atoms with Crippen molar-refractivity contribution in [3.63, 3.8) is 0 Å². The van der Waals surface area contributed by atoms with E-state index in [4.69, 9.17) is 9.47 Å². The van der Waals surface area contributed by atoms with Crippen LogP contribution in [-0.2, 0) is 0 Å². The third kappa shape index (κ3) is 2.74. The number of ketones is 1. The number of carbonyl (C=O) groups excluding carboxylic acids is 1. The molecule has 24 heavy (non-hydrogen) atoms. The molecule has 1 aliphatic heterocycles. The minimum atomic E-state index is -0.325. The van der Waals surface area contributed by atoms with Gasteiger partial charge in [-0.15, -0.1) is 0 Å². The molecular weight excluding hydrogens is 396 g/mol. The monoisotopic (exact) mass is 408 g/mol. The van der Waals surface area contributed by atoms with Crippen LogP contribution in [0.2, 0.25) is 0 Å². The van der Waals surface area contributed by atoms with Crippen LogP contribution in [0.3, 0.4) is 0 Å². The largest absolute Gasteiger partial charge is 0.507 e. The highest BCUT2D eigenvalue weighted by Gasteiger charge is 2.31. The van der Waals surface area contributed by atoms with E-state index in [1.807, 2.05) is 0 Å². The van der Waals surface area contributed by atoms with Crippen LogP contribution < -0.4 is 9.47 Å². The predicted octanol–water partition coefficient (Wildman–Crippen LogP) is 4.21. The topological polar surface area (TPSA) is 76.0 Å². The summed E-state index contributed by atoms with van der Waals surface area (Å²) in [6.07, 6.45) is 1.68. The van der Waals surface area contributed by atoms with Gasteiger partial charge in [-0.2, -0.15) is 0 Å². The Labute approximate surface area is 151 Å². The van der Waals surface area contributed by atoms with Gasteiger partial charge in [0.15, 0.2) is 11.5 Å². The van der Waals surface area contributed by atoms with Crippen molar-refractivity contribution in [2.24, 2.45) is 0 Å². The molecule has 2 aromatic carbocycles. The van der Waals surface area contributed by atoms with Crippen LogP contribution in [0.4, 0.5) is 0 Å². The Balaban J connectivity index is 2.06. The first-order valence-corrected chi connectivity index (χ1v) is 8.48. The van der Waals surface area contributed by atoms with Gasteiger partial charge in [0, 0.05) is 0 Å². The molecule has 1 aliphatic rings. The second-order valence-corrected chi connectivity index (χ2v) is 6.89. The summed E-state index contributed by atoms with van der Waals surface area (Å²) in [5.41, 5.74) is 0.855. The quantitative estimate of drug-likeness (QED) is 0.585. The van der Waals surface area contributed by atoms with Gasteiger partial charge in [0.2, 0.25) is 5.78 Å². The molecule has 0 fully saturated rings. The third-order valence-corrected chi connectivity index (χ3v) is 5.26. The fourth-order valence-corrected chi connectivity index (χ4v) is 4.13. The summed E-state index contributed by atoms with van der Waals surface area (Å²) in [5.74, 6) is 0.588. The normalized spacial score (nSPS) is 14.8. The summed E-state index contributed by atoms with van der Waals surface area (Å²) in [5, 5.41) is 19.8. The van der Waals surface area contributed by atoms with Crippen molar-refractivity contribution in [3.05, 3.63) is 44.8 Å². The molecular formula is C17H13BrO5S. The Morgan fingerprint density at radius 3 is 2.46 bits per heavy atom. The zero-order chi connectivity index (χ0) is 17.4. The van der Waals surface area contributed by atoms with Crippen LogP contribution in [0, 0.1) is 0 Å². The number of thioether (sulfide) groups is 1. The summed E-state index contributed by atoms with van der Waals surface area (Å²) in [7, 11) is 3.07. The SMILES string of the molecule is COc1cc(/C=C2\Sc3c(O)ccc(O)c3C2=O)cc(Br)c1OC. The van der Waals surface area contributed by atoms with E-state index in [0.29, 0.717) is 25.8 Å². The van der Waals surface area contributed by atoms with E-state index < -0.39 is 0 Å². The van der Waals surface area contributed by atoms with Crippen molar-refractivity contribution in [3.8, 4) is 23.0 Å². The molecule has 0 atom stereocenters. The minimum absolute atomic E-state index is 0.0296. The molecule has 3 rings (SSSR count). The number of rotatable bonds is 3. The molecule has 0 saturated carbocycles. The van der Waals surface area contributed by atoms with Crippen LogP contribution in [-0.4, -0.2) is 30.2 Å². The Hall–Kier alpha value is -2.12. The molecule has 0 saturated heterocycles. The molecule has 0 bridgehead atoms. The number of fused-ring (bicyclic) bond motifs is 1. The molecule has 5 nitrogen and oxygen atoms in total. The van der Waals surface area contributed by atoms with Gasteiger partial charge in [-0.3, -0.25) is 4.79 Å². The first kappa shape index (κ1) is 16.7. The standard InChI is InChI=1S/C17H13BrO5S/c1-22-12-6-8(5-9(18)16(12)23-2)7-13-15(21)14-10(19)3-4-11(20)17(14)24-13/h3-7,19-20H,1-2H3/b13-7-. The van der Waals surface area contributed by atoms with Crippen molar-refractivity contribution >= 4 is 39.6 Å². The van der Waals surface area contributed by atoms with E-state index in [-0.39, 0.29) is 22.8 Å². The van der Waals surface area contributed by atoms with Gasteiger partial charge in [0.1, 0.15) is 11.5 Å². The highest BCUT2D eigenvalue weighted by atomic mass is 79.9. The number of aromatic hydroxyl groups is 2. The number of carbonyl (C=O) groups is 1. The molecule has 0 spiro atoms. The average Bonchev–Trinajstić information content (AvgIpc) is 2.88. The lowest BCUT2D eigenvalue weighted by Gasteiger charge is -2.10. The van der Waals surface area contributed by atoms with Crippen molar-refractivity contribution in [2.75, 3.05) is 14.2 Å². The molecule has 0 aliphatic carbocycles. The van der Waals surface area contributed by atoms with Gasteiger partial charge in [-0.1, -0.05) is 11.8 Å². The Kier molecular flexibility index (Phi) is 4.47. The van der Waals surface area contributed by atoms with Crippen molar-refractivity contribution in [1.29, 1.82) is 0 Å². The highest BCUT2D eigenvalue weighted by Crippen LogP contribution is 2.49. The number of halogens is 1. The lowest BCUT2D eigenvalue weighted by atomic mass is 10.1. The Morgan fingerprint density at radius 2 is 1.83 bits per heavy atom. The minimum Gasteiger partial charge on any atom is -0.507 e. The van der Waals surface area contributed by atoms with E-state index >= 15 is 0 Å². The summed E-state index contributed by atoms with van der Waals surface area (Å²) >= 11 is 4.53. The fraction of sp³-hybridized carbons (Fsp3) is 0.118. The number of benzene rings is 2. The maximum absolute atomic E-state index is 12.5. The zero-order valence-corrected chi connectivity index (χ0v) is 15.2. The van der Waals surface area contributed by atoms with Gasteiger partial charge < -0.3 is 19.7 Å². The van der Waals surface area contributed by atoms with Crippen molar-refractivity contribution in [2.45, 2.75) is 4.90 Å². The number of Topliss-reactive ketones (excluding diaryl/α,β-unsaturated/α-hetero) is 1. The predicted molar refractivity (Wildman–Crippen MR) is 95.2 cm³/mol. The molecule has 2 aromatic rings. The van der Waals surface area contributed by atoms with E-state index in [1.165, 1.54) is 19.2 Å². The van der Waals surface area contributed by atoms with Crippen molar-refractivity contribution < 1.29 is 24.5 Å². The molecule has 7 heteroatoms. The number of phenolic OH excluding ortho intramolecular Hbond substituents is 2. The van der Waals surface area contributed by atoms with E-state index in [9.17, 15) is 15.0 Å². The Morgan fingerprint density at radius 1 is 1.12 bits per heavy atom.